The molecule has 5 heteroatoms. The van der Waals surface area contributed by atoms with E-state index in [1.54, 1.807) is 0 Å². The topological polar surface area (TPSA) is 57.6 Å². The van der Waals surface area contributed by atoms with Crippen molar-refractivity contribution in [2.45, 2.75) is 32.1 Å². The highest BCUT2D eigenvalue weighted by Crippen LogP contribution is 2.51. The number of aliphatic carboxylic acids is 1. The van der Waals surface area contributed by atoms with E-state index in [0.717, 1.165) is 18.4 Å². The molecule has 1 saturated carbocycles. The number of carboxylic acid groups (broad SMARTS) is 1. The molecule has 1 amide bonds. The summed E-state index contributed by atoms with van der Waals surface area (Å²) < 4.78 is 0. The van der Waals surface area contributed by atoms with Crippen LogP contribution in [0.25, 0.3) is 0 Å². The van der Waals surface area contributed by atoms with Crippen LogP contribution in [0.2, 0.25) is 5.02 Å². The molecule has 1 aromatic carbocycles. The Bertz CT molecular complexity index is 589. The Hall–Kier alpha value is -1.55. The molecule has 2 fully saturated rings. The summed E-state index contributed by atoms with van der Waals surface area (Å²) in [5, 5.41) is 9.76. The minimum atomic E-state index is -0.746. The normalized spacial score (nSPS) is 20.7. The summed E-state index contributed by atoms with van der Waals surface area (Å²) in [6.07, 6.45) is 3.60. The van der Waals surface area contributed by atoms with Crippen molar-refractivity contribution in [2.24, 2.45) is 11.3 Å². The van der Waals surface area contributed by atoms with Crippen molar-refractivity contribution in [3.05, 3.63) is 34.9 Å². The summed E-state index contributed by atoms with van der Waals surface area (Å²) in [5.74, 6) is -0.872. The van der Waals surface area contributed by atoms with Crippen LogP contribution < -0.4 is 0 Å². The molecule has 2 aliphatic rings. The van der Waals surface area contributed by atoms with Gasteiger partial charge in [-0.2, -0.15) is 0 Å². The molecule has 1 aliphatic heterocycles. The standard InChI is InChI=1S/C17H20ClNO3/c18-14-4-2-1-3-13(14)11-17(7-8-17)16(22)19-9-5-12(6-10-19)15(20)21/h1-4,12H,5-11H2,(H,20,21). The molecule has 0 bridgehead atoms. The van der Waals surface area contributed by atoms with Gasteiger partial charge in [0.25, 0.3) is 0 Å². The Morgan fingerprint density at radius 2 is 1.86 bits per heavy atom. The van der Waals surface area contributed by atoms with E-state index in [4.69, 9.17) is 16.7 Å². The number of hydrogen-bond donors (Lipinski definition) is 1. The van der Waals surface area contributed by atoms with Gasteiger partial charge in [-0.15, -0.1) is 0 Å². The minimum Gasteiger partial charge on any atom is -0.481 e. The molecule has 4 nitrogen and oxygen atoms in total. The second-order valence-electron chi connectivity index (χ2n) is 6.45. The van der Waals surface area contributed by atoms with Crippen LogP contribution in [-0.4, -0.2) is 35.0 Å². The lowest BCUT2D eigenvalue weighted by molar-refractivity contribution is -0.147. The lowest BCUT2D eigenvalue weighted by Crippen LogP contribution is -2.44. The van der Waals surface area contributed by atoms with Crippen molar-refractivity contribution in [3.63, 3.8) is 0 Å². The molecule has 22 heavy (non-hydrogen) atoms. The van der Waals surface area contributed by atoms with Crippen LogP contribution in [0.15, 0.2) is 24.3 Å². The van der Waals surface area contributed by atoms with Gasteiger partial charge in [-0.25, -0.2) is 0 Å². The van der Waals surface area contributed by atoms with Crippen LogP contribution >= 0.6 is 11.6 Å². The first kappa shape index (κ1) is 15.3. The van der Waals surface area contributed by atoms with E-state index in [0.29, 0.717) is 37.4 Å². The third-order valence-corrected chi connectivity index (χ3v) is 5.29. The lowest BCUT2D eigenvalue weighted by atomic mass is 9.92. The fourth-order valence-electron chi connectivity index (χ4n) is 3.29. The fourth-order valence-corrected chi connectivity index (χ4v) is 3.49. The molecule has 0 aromatic heterocycles. The van der Waals surface area contributed by atoms with Gasteiger partial charge in [-0.05, 0) is 43.7 Å². The van der Waals surface area contributed by atoms with Gasteiger partial charge in [0, 0.05) is 18.1 Å². The Balaban J connectivity index is 1.65. The summed E-state index contributed by atoms with van der Waals surface area (Å²) in [5.41, 5.74) is 0.719. The molecule has 1 aliphatic carbocycles. The molecule has 1 heterocycles. The van der Waals surface area contributed by atoms with Crippen LogP contribution in [0, 0.1) is 11.3 Å². The average molecular weight is 322 g/mol. The van der Waals surface area contributed by atoms with Gasteiger partial charge < -0.3 is 10.0 Å². The maximum Gasteiger partial charge on any atom is 0.306 e. The Morgan fingerprint density at radius 3 is 2.41 bits per heavy atom. The summed E-state index contributed by atoms with van der Waals surface area (Å²) in [6.45, 7) is 1.11. The van der Waals surface area contributed by atoms with Crippen LogP contribution in [0.1, 0.15) is 31.2 Å². The predicted octanol–water partition coefficient (Wildman–Crippen LogP) is 2.99. The monoisotopic (exact) mass is 321 g/mol. The summed E-state index contributed by atoms with van der Waals surface area (Å²) >= 11 is 6.21. The summed E-state index contributed by atoms with van der Waals surface area (Å²) in [6, 6.07) is 7.67. The van der Waals surface area contributed by atoms with Gasteiger partial charge in [-0.1, -0.05) is 29.8 Å². The summed E-state index contributed by atoms with van der Waals surface area (Å²) in [7, 11) is 0. The third kappa shape index (κ3) is 2.98. The van der Waals surface area contributed by atoms with Gasteiger partial charge in [0.15, 0.2) is 0 Å². The van der Waals surface area contributed by atoms with Crippen LogP contribution in [0.4, 0.5) is 0 Å². The van der Waals surface area contributed by atoms with E-state index >= 15 is 0 Å². The predicted molar refractivity (Wildman–Crippen MR) is 83.8 cm³/mol. The molecule has 1 N–H and O–H groups in total. The fraction of sp³-hybridized carbons (Fsp3) is 0.529. The smallest absolute Gasteiger partial charge is 0.306 e. The number of carboxylic acids is 1. The first-order valence-electron chi connectivity index (χ1n) is 7.77. The number of carbonyl (C=O) groups is 2. The van der Waals surface area contributed by atoms with Crippen LogP contribution in [-0.2, 0) is 16.0 Å². The Morgan fingerprint density at radius 1 is 1.23 bits per heavy atom. The van der Waals surface area contributed by atoms with Crippen molar-refractivity contribution < 1.29 is 14.7 Å². The highest BCUT2D eigenvalue weighted by atomic mass is 35.5. The highest BCUT2D eigenvalue weighted by Gasteiger charge is 2.52. The van der Waals surface area contributed by atoms with Gasteiger partial charge in [0.05, 0.1) is 11.3 Å². The number of benzene rings is 1. The van der Waals surface area contributed by atoms with Crippen LogP contribution in [0.3, 0.4) is 0 Å². The van der Waals surface area contributed by atoms with E-state index in [-0.39, 0.29) is 17.2 Å². The van der Waals surface area contributed by atoms with Gasteiger partial charge in [-0.3, -0.25) is 9.59 Å². The molecule has 118 valence electrons. The zero-order chi connectivity index (χ0) is 15.7. The number of likely N-dealkylation sites (tertiary alicyclic amines) is 1. The first-order valence-corrected chi connectivity index (χ1v) is 8.15. The van der Waals surface area contributed by atoms with E-state index in [9.17, 15) is 9.59 Å². The number of hydrogen-bond acceptors (Lipinski definition) is 2. The van der Waals surface area contributed by atoms with Gasteiger partial charge in [0.2, 0.25) is 5.91 Å². The second-order valence-corrected chi connectivity index (χ2v) is 6.86. The summed E-state index contributed by atoms with van der Waals surface area (Å²) in [4.78, 5) is 25.7. The van der Waals surface area contributed by atoms with E-state index in [1.807, 2.05) is 29.2 Å². The molecule has 0 spiro atoms. The number of amides is 1. The highest BCUT2D eigenvalue weighted by molar-refractivity contribution is 6.31. The number of piperidine rings is 1. The molecule has 0 atom stereocenters. The van der Waals surface area contributed by atoms with E-state index in [2.05, 4.69) is 0 Å². The van der Waals surface area contributed by atoms with E-state index < -0.39 is 5.97 Å². The zero-order valence-corrected chi connectivity index (χ0v) is 13.2. The first-order chi connectivity index (χ1) is 10.5. The van der Waals surface area contributed by atoms with Crippen molar-refractivity contribution >= 4 is 23.5 Å². The van der Waals surface area contributed by atoms with Crippen molar-refractivity contribution in [2.75, 3.05) is 13.1 Å². The SMILES string of the molecule is O=C(O)C1CCN(C(=O)C2(Cc3ccccc3Cl)CC2)CC1. The third-order valence-electron chi connectivity index (χ3n) is 4.93. The quantitative estimate of drug-likeness (QED) is 0.927. The molecular weight excluding hydrogens is 302 g/mol. The molecule has 3 rings (SSSR count). The maximum absolute atomic E-state index is 12.8. The second kappa shape index (κ2) is 5.92. The average Bonchev–Trinajstić information content (AvgIpc) is 3.30. The minimum absolute atomic E-state index is 0.177. The van der Waals surface area contributed by atoms with Gasteiger partial charge >= 0.3 is 5.97 Å². The Labute approximate surface area is 135 Å². The Kier molecular flexibility index (Phi) is 4.13. The van der Waals surface area contributed by atoms with Gasteiger partial charge in [0.1, 0.15) is 0 Å². The number of rotatable bonds is 4. The lowest BCUT2D eigenvalue weighted by Gasteiger charge is -2.33. The molecule has 0 radical (unpaired) electrons. The zero-order valence-electron chi connectivity index (χ0n) is 12.4. The number of halogens is 1. The number of nitrogens with zero attached hydrogens (tertiary/aromatic N) is 1. The van der Waals surface area contributed by atoms with Crippen LogP contribution in [0.5, 0.6) is 0 Å². The van der Waals surface area contributed by atoms with Crippen molar-refractivity contribution in [1.29, 1.82) is 0 Å². The largest absolute Gasteiger partial charge is 0.481 e. The molecule has 1 saturated heterocycles. The molecule has 0 unspecified atom stereocenters. The molecular formula is C17H20ClNO3. The number of carbonyl (C=O) groups excluding carboxylic acids is 1. The van der Waals surface area contributed by atoms with Crippen molar-refractivity contribution in [1.82, 2.24) is 4.90 Å². The van der Waals surface area contributed by atoms with E-state index in [1.165, 1.54) is 0 Å². The maximum atomic E-state index is 12.8. The molecule has 1 aromatic rings. The van der Waals surface area contributed by atoms with Crippen molar-refractivity contribution in [3.8, 4) is 0 Å².